The van der Waals surface area contributed by atoms with E-state index in [1.165, 1.54) is 0 Å². The maximum Gasteiger partial charge on any atom is 0.246 e. The summed E-state index contributed by atoms with van der Waals surface area (Å²) in [6.07, 6.45) is 0.916. The minimum atomic E-state index is -0.842. The van der Waals surface area contributed by atoms with E-state index in [0.29, 0.717) is 26.0 Å². The standard InChI is InChI=1S/C17H24N2O3/c1-12-5-6-14(13(2)11-12)19-15(20)7-8-17(19,3)16(21)18-9-10-22-4/h5-6,11H,7-10H2,1-4H3,(H,18,21). The third-order valence-corrected chi connectivity index (χ3v) is 4.24. The molecule has 0 aromatic heterocycles. The molecule has 22 heavy (non-hydrogen) atoms. The second-order valence-corrected chi connectivity index (χ2v) is 6.04. The molecular weight excluding hydrogens is 280 g/mol. The van der Waals surface area contributed by atoms with E-state index in [4.69, 9.17) is 4.74 Å². The predicted octanol–water partition coefficient (Wildman–Crippen LogP) is 1.95. The lowest BCUT2D eigenvalue weighted by Gasteiger charge is -2.35. The molecule has 0 radical (unpaired) electrons. The van der Waals surface area contributed by atoms with E-state index in [0.717, 1.165) is 16.8 Å². The third-order valence-electron chi connectivity index (χ3n) is 4.24. The summed E-state index contributed by atoms with van der Waals surface area (Å²) in [5.41, 5.74) is 2.12. The van der Waals surface area contributed by atoms with Gasteiger partial charge in [-0.25, -0.2) is 0 Å². The summed E-state index contributed by atoms with van der Waals surface area (Å²) in [5.74, 6) is -0.133. The zero-order valence-corrected chi connectivity index (χ0v) is 13.7. The first-order valence-electron chi connectivity index (χ1n) is 7.57. The van der Waals surface area contributed by atoms with Crippen molar-refractivity contribution < 1.29 is 14.3 Å². The van der Waals surface area contributed by atoms with Gasteiger partial charge >= 0.3 is 0 Å². The lowest BCUT2D eigenvalue weighted by Crippen LogP contribution is -2.55. The first-order valence-corrected chi connectivity index (χ1v) is 7.57. The first kappa shape index (κ1) is 16.5. The number of nitrogens with one attached hydrogen (secondary N) is 1. The number of hydrogen-bond acceptors (Lipinski definition) is 3. The van der Waals surface area contributed by atoms with Crippen LogP contribution in [0.15, 0.2) is 18.2 Å². The molecule has 2 amide bonds. The van der Waals surface area contributed by atoms with E-state index < -0.39 is 5.54 Å². The fraction of sp³-hybridized carbons (Fsp3) is 0.529. The van der Waals surface area contributed by atoms with Gasteiger partial charge in [-0.05, 0) is 38.8 Å². The molecule has 0 spiro atoms. The topological polar surface area (TPSA) is 58.6 Å². The quantitative estimate of drug-likeness (QED) is 0.846. The van der Waals surface area contributed by atoms with Gasteiger partial charge in [0, 0.05) is 25.8 Å². The predicted molar refractivity (Wildman–Crippen MR) is 85.9 cm³/mol. The number of nitrogens with zero attached hydrogens (tertiary/aromatic N) is 1. The number of anilines is 1. The van der Waals surface area contributed by atoms with E-state index in [-0.39, 0.29) is 11.8 Å². The molecule has 1 atom stereocenters. The lowest BCUT2D eigenvalue weighted by molar-refractivity contribution is -0.127. The molecule has 2 rings (SSSR count). The average molecular weight is 304 g/mol. The van der Waals surface area contributed by atoms with Gasteiger partial charge in [-0.3, -0.25) is 14.5 Å². The highest BCUT2D eigenvalue weighted by Crippen LogP contribution is 2.37. The summed E-state index contributed by atoms with van der Waals surface area (Å²) in [7, 11) is 1.59. The lowest BCUT2D eigenvalue weighted by atomic mass is 9.96. The number of aryl methyl sites for hydroxylation is 2. The monoisotopic (exact) mass is 304 g/mol. The van der Waals surface area contributed by atoms with Gasteiger partial charge in [0.2, 0.25) is 11.8 Å². The number of methoxy groups -OCH3 is 1. The third kappa shape index (κ3) is 2.99. The smallest absolute Gasteiger partial charge is 0.246 e. The van der Waals surface area contributed by atoms with Crippen LogP contribution in [0, 0.1) is 13.8 Å². The summed E-state index contributed by atoms with van der Waals surface area (Å²) < 4.78 is 4.96. The van der Waals surface area contributed by atoms with Crippen LogP contribution in [0.1, 0.15) is 30.9 Å². The highest BCUT2D eigenvalue weighted by molar-refractivity contribution is 6.06. The molecule has 1 aliphatic heterocycles. The number of ether oxygens (including phenoxy) is 1. The summed E-state index contributed by atoms with van der Waals surface area (Å²) in [4.78, 5) is 26.6. The van der Waals surface area contributed by atoms with Gasteiger partial charge in [-0.15, -0.1) is 0 Å². The summed E-state index contributed by atoms with van der Waals surface area (Å²) in [6.45, 7) is 6.72. The molecule has 5 heteroatoms. The summed E-state index contributed by atoms with van der Waals surface area (Å²) >= 11 is 0. The largest absolute Gasteiger partial charge is 0.383 e. The van der Waals surface area contributed by atoms with Crippen LogP contribution in [0.25, 0.3) is 0 Å². The fourth-order valence-corrected chi connectivity index (χ4v) is 2.98. The van der Waals surface area contributed by atoms with Crippen molar-refractivity contribution in [1.29, 1.82) is 0 Å². The van der Waals surface area contributed by atoms with Crippen molar-refractivity contribution in [3.8, 4) is 0 Å². The molecule has 120 valence electrons. The second kappa shape index (κ2) is 6.48. The normalized spacial score (nSPS) is 21.3. The van der Waals surface area contributed by atoms with Crippen LogP contribution in [-0.2, 0) is 14.3 Å². The van der Waals surface area contributed by atoms with Gasteiger partial charge in [0.15, 0.2) is 0 Å². The Morgan fingerprint density at radius 2 is 2.14 bits per heavy atom. The highest BCUT2D eigenvalue weighted by Gasteiger charge is 2.48. The maximum atomic E-state index is 12.6. The Labute approximate surface area is 131 Å². The Hall–Kier alpha value is -1.88. The minimum Gasteiger partial charge on any atom is -0.383 e. The SMILES string of the molecule is COCCNC(=O)C1(C)CCC(=O)N1c1ccc(C)cc1C. The average Bonchev–Trinajstić information content (AvgIpc) is 2.77. The summed E-state index contributed by atoms with van der Waals surface area (Å²) in [6, 6.07) is 5.93. The molecule has 1 fully saturated rings. The van der Waals surface area contributed by atoms with Gasteiger partial charge in [0.05, 0.1) is 6.61 Å². The Morgan fingerprint density at radius 3 is 2.77 bits per heavy atom. The van der Waals surface area contributed by atoms with Crippen molar-refractivity contribution >= 4 is 17.5 Å². The molecular formula is C17H24N2O3. The van der Waals surface area contributed by atoms with Gasteiger partial charge in [-0.1, -0.05) is 17.7 Å². The van der Waals surface area contributed by atoms with Crippen LogP contribution in [0.3, 0.4) is 0 Å². The number of carbonyl (C=O) groups excluding carboxylic acids is 2. The van der Waals surface area contributed by atoms with Gasteiger partial charge in [-0.2, -0.15) is 0 Å². The molecule has 1 aromatic rings. The van der Waals surface area contributed by atoms with E-state index >= 15 is 0 Å². The Kier molecular flexibility index (Phi) is 4.86. The van der Waals surface area contributed by atoms with E-state index in [9.17, 15) is 9.59 Å². The number of carbonyl (C=O) groups is 2. The van der Waals surface area contributed by atoms with Crippen LogP contribution in [0.2, 0.25) is 0 Å². The zero-order chi connectivity index (χ0) is 16.3. The van der Waals surface area contributed by atoms with Crippen LogP contribution in [0.4, 0.5) is 5.69 Å². The Bertz CT molecular complexity index is 585. The molecule has 1 saturated heterocycles. The second-order valence-electron chi connectivity index (χ2n) is 6.04. The fourth-order valence-electron chi connectivity index (χ4n) is 2.98. The number of amides is 2. The van der Waals surface area contributed by atoms with Gasteiger partial charge in [0.1, 0.15) is 5.54 Å². The van der Waals surface area contributed by atoms with Gasteiger partial charge in [0.25, 0.3) is 0 Å². The summed E-state index contributed by atoms with van der Waals surface area (Å²) in [5, 5.41) is 2.86. The van der Waals surface area contributed by atoms with Crippen molar-refractivity contribution in [2.45, 2.75) is 39.2 Å². The van der Waals surface area contributed by atoms with Crippen LogP contribution < -0.4 is 10.2 Å². The van der Waals surface area contributed by atoms with Crippen LogP contribution in [-0.4, -0.2) is 37.6 Å². The molecule has 5 nitrogen and oxygen atoms in total. The van der Waals surface area contributed by atoms with Gasteiger partial charge < -0.3 is 10.1 Å². The van der Waals surface area contributed by atoms with Crippen LogP contribution >= 0.6 is 0 Å². The molecule has 1 aliphatic rings. The molecule has 0 saturated carbocycles. The van der Waals surface area contributed by atoms with E-state index in [2.05, 4.69) is 5.32 Å². The maximum absolute atomic E-state index is 12.6. The number of hydrogen-bond donors (Lipinski definition) is 1. The van der Waals surface area contributed by atoms with Crippen LogP contribution in [0.5, 0.6) is 0 Å². The van der Waals surface area contributed by atoms with Crippen molar-refractivity contribution in [3.05, 3.63) is 29.3 Å². The molecule has 1 aromatic carbocycles. The zero-order valence-electron chi connectivity index (χ0n) is 13.7. The van der Waals surface area contributed by atoms with Crippen molar-refractivity contribution in [3.63, 3.8) is 0 Å². The number of benzene rings is 1. The minimum absolute atomic E-state index is 0.00338. The van der Waals surface area contributed by atoms with E-state index in [1.807, 2.05) is 39.0 Å². The number of rotatable bonds is 5. The molecule has 0 aliphatic carbocycles. The Morgan fingerprint density at radius 1 is 1.41 bits per heavy atom. The highest BCUT2D eigenvalue weighted by atomic mass is 16.5. The van der Waals surface area contributed by atoms with E-state index in [1.54, 1.807) is 12.0 Å². The Balaban J connectivity index is 2.30. The van der Waals surface area contributed by atoms with Crippen molar-refractivity contribution in [2.24, 2.45) is 0 Å². The molecule has 1 heterocycles. The van der Waals surface area contributed by atoms with Crippen molar-refractivity contribution in [2.75, 3.05) is 25.2 Å². The molecule has 1 N–H and O–H groups in total. The molecule has 1 unspecified atom stereocenters. The first-order chi connectivity index (χ1) is 10.4. The van der Waals surface area contributed by atoms with Crippen molar-refractivity contribution in [1.82, 2.24) is 5.32 Å². The molecule has 0 bridgehead atoms.